The zero-order valence-electron chi connectivity index (χ0n) is 12.2. The lowest BCUT2D eigenvalue weighted by Crippen LogP contribution is -2.22. The topological polar surface area (TPSA) is 58.5 Å². The fourth-order valence-corrected chi connectivity index (χ4v) is 2.41. The first-order chi connectivity index (χ1) is 10.2. The number of benzene rings is 1. The first-order valence-electron chi connectivity index (χ1n) is 7.07. The summed E-state index contributed by atoms with van der Waals surface area (Å²) in [6.07, 6.45) is 9.30. The van der Waals surface area contributed by atoms with Crippen LogP contribution in [-0.4, -0.2) is 19.7 Å². The molecule has 0 aliphatic rings. The minimum atomic E-state index is 0.257. The molecule has 2 atom stereocenters. The summed E-state index contributed by atoms with van der Waals surface area (Å²) in [6.45, 7) is 4.31. The number of nitrogens with zero attached hydrogens (tertiary/aromatic N) is 3. The number of hydrogen-bond acceptors (Lipinski definition) is 3. The molecule has 0 spiro atoms. The molecule has 3 rings (SSSR count). The lowest BCUT2D eigenvalue weighted by atomic mass is 10.1. The van der Waals surface area contributed by atoms with Crippen LogP contribution in [0.25, 0.3) is 5.69 Å². The van der Waals surface area contributed by atoms with Gasteiger partial charge in [0.25, 0.3) is 0 Å². The Labute approximate surface area is 124 Å². The van der Waals surface area contributed by atoms with Gasteiger partial charge in [-0.05, 0) is 31.5 Å². The molecule has 2 unspecified atom stereocenters. The number of rotatable bonds is 5. The van der Waals surface area contributed by atoms with E-state index in [0.717, 1.165) is 11.3 Å². The molecule has 0 saturated carbocycles. The molecule has 21 heavy (non-hydrogen) atoms. The van der Waals surface area contributed by atoms with Gasteiger partial charge >= 0.3 is 0 Å². The molecule has 0 bridgehead atoms. The summed E-state index contributed by atoms with van der Waals surface area (Å²) < 4.78 is 2.00. The minimum absolute atomic E-state index is 0.257. The van der Waals surface area contributed by atoms with Crippen LogP contribution in [0.15, 0.2) is 55.4 Å². The van der Waals surface area contributed by atoms with Gasteiger partial charge in [-0.25, -0.2) is 4.98 Å². The normalized spacial score (nSPS) is 14.0. The van der Waals surface area contributed by atoms with Crippen molar-refractivity contribution in [2.75, 3.05) is 0 Å². The van der Waals surface area contributed by atoms with Crippen LogP contribution in [0.4, 0.5) is 0 Å². The SMILES string of the molecule is CC(NC(C)c1cn[nH]c1)c1ccc(-n2ccnc2)cc1. The summed E-state index contributed by atoms with van der Waals surface area (Å²) in [6, 6.07) is 9.04. The molecular weight excluding hydrogens is 262 g/mol. The summed E-state index contributed by atoms with van der Waals surface area (Å²) in [5, 5.41) is 10.4. The van der Waals surface area contributed by atoms with Crippen molar-refractivity contribution < 1.29 is 0 Å². The van der Waals surface area contributed by atoms with Crippen molar-refractivity contribution in [3.63, 3.8) is 0 Å². The Morgan fingerprint density at radius 1 is 1.10 bits per heavy atom. The van der Waals surface area contributed by atoms with E-state index >= 15 is 0 Å². The Morgan fingerprint density at radius 2 is 1.86 bits per heavy atom. The summed E-state index contributed by atoms with van der Waals surface area (Å²) in [5.74, 6) is 0. The predicted molar refractivity (Wildman–Crippen MR) is 82.1 cm³/mol. The van der Waals surface area contributed by atoms with Crippen LogP contribution in [0.2, 0.25) is 0 Å². The number of imidazole rings is 1. The number of hydrogen-bond donors (Lipinski definition) is 2. The number of nitrogens with one attached hydrogen (secondary N) is 2. The molecule has 0 fully saturated rings. The lowest BCUT2D eigenvalue weighted by Gasteiger charge is -2.19. The van der Waals surface area contributed by atoms with E-state index in [2.05, 4.69) is 58.6 Å². The van der Waals surface area contributed by atoms with Crippen LogP contribution in [0.3, 0.4) is 0 Å². The molecule has 5 heteroatoms. The molecule has 0 aliphatic carbocycles. The Balaban J connectivity index is 1.69. The van der Waals surface area contributed by atoms with E-state index in [1.807, 2.05) is 23.2 Å². The van der Waals surface area contributed by atoms with Gasteiger partial charge in [-0.3, -0.25) is 5.10 Å². The van der Waals surface area contributed by atoms with E-state index in [4.69, 9.17) is 0 Å². The summed E-state index contributed by atoms with van der Waals surface area (Å²) in [5.41, 5.74) is 3.54. The second-order valence-corrected chi connectivity index (χ2v) is 5.20. The van der Waals surface area contributed by atoms with E-state index in [9.17, 15) is 0 Å². The van der Waals surface area contributed by atoms with Crippen LogP contribution in [0, 0.1) is 0 Å². The van der Waals surface area contributed by atoms with E-state index in [1.165, 1.54) is 5.56 Å². The van der Waals surface area contributed by atoms with Gasteiger partial charge in [0.2, 0.25) is 0 Å². The van der Waals surface area contributed by atoms with Gasteiger partial charge in [0.15, 0.2) is 0 Å². The Kier molecular flexibility index (Phi) is 3.83. The fourth-order valence-electron chi connectivity index (χ4n) is 2.41. The molecule has 0 amide bonds. The van der Waals surface area contributed by atoms with E-state index in [-0.39, 0.29) is 12.1 Å². The van der Waals surface area contributed by atoms with E-state index in [1.54, 1.807) is 12.5 Å². The van der Waals surface area contributed by atoms with Gasteiger partial charge in [0.05, 0.1) is 12.5 Å². The first-order valence-corrected chi connectivity index (χ1v) is 7.07. The van der Waals surface area contributed by atoms with Crippen LogP contribution in [0.5, 0.6) is 0 Å². The summed E-state index contributed by atoms with van der Waals surface area (Å²) in [4.78, 5) is 4.07. The van der Waals surface area contributed by atoms with Crippen LogP contribution >= 0.6 is 0 Å². The lowest BCUT2D eigenvalue weighted by molar-refractivity contribution is 0.495. The van der Waals surface area contributed by atoms with Gasteiger partial charge < -0.3 is 9.88 Å². The van der Waals surface area contributed by atoms with Crippen molar-refractivity contribution in [3.8, 4) is 5.69 Å². The molecule has 0 aliphatic heterocycles. The van der Waals surface area contributed by atoms with Crippen molar-refractivity contribution in [2.24, 2.45) is 0 Å². The molecule has 3 aromatic rings. The molecule has 108 valence electrons. The van der Waals surface area contributed by atoms with E-state index < -0.39 is 0 Å². The minimum Gasteiger partial charge on any atom is -0.306 e. The highest BCUT2D eigenvalue weighted by Crippen LogP contribution is 2.20. The Bertz CT molecular complexity index is 655. The van der Waals surface area contributed by atoms with E-state index in [0.29, 0.717) is 0 Å². The summed E-state index contributed by atoms with van der Waals surface area (Å²) >= 11 is 0. The maximum atomic E-state index is 4.07. The highest BCUT2D eigenvalue weighted by molar-refractivity contribution is 5.35. The third kappa shape index (κ3) is 3.03. The second kappa shape index (κ2) is 5.93. The van der Waals surface area contributed by atoms with Gasteiger partial charge in [-0.1, -0.05) is 12.1 Å². The third-order valence-electron chi connectivity index (χ3n) is 3.72. The number of H-pyrrole nitrogens is 1. The van der Waals surface area contributed by atoms with Crippen LogP contribution in [-0.2, 0) is 0 Å². The highest BCUT2D eigenvalue weighted by atomic mass is 15.1. The van der Waals surface area contributed by atoms with Gasteiger partial charge in [0.1, 0.15) is 0 Å². The van der Waals surface area contributed by atoms with Crippen molar-refractivity contribution in [3.05, 3.63) is 66.5 Å². The van der Waals surface area contributed by atoms with Crippen LogP contribution < -0.4 is 5.32 Å². The molecule has 1 aromatic carbocycles. The molecule has 2 N–H and O–H groups in total. The Morgan fingerprint density at radius 3 is 2.48 bits per heavy atom. The first kappa shape index (κ1) is 13.6. The zero-order chi connectivity index (χ0) is 14.7. The standard InChI is InChI=1S/C16H19N5/c1-12(20-13(2)15-9-18-19-10-15)14-3-5-16(6-4-14)21-8-7-17-11-21/h3-13,20H,1-2H3,(H,18,19). The molecule has 0 saturated heterocycles. The van der Waals surface area contributed by atoms with Crippen molar-refractivity contribution in [2.45, 2.75) is 25.9 Å². The molecule has 5 nitrogen and oxygen atoms in total. The smallest absolute Gasteiger partial charge is 0.0991 e. The fraction of sp³-hybridized carbons (Fsp3) is 0.250. The van der Waals surface area contributed by atoms with Crippen LogP contribution in [0.1, 0.15) is 37.1 Å². The monoisotopic (exact) mass is 281 g/mol. The van der Waals surface area contributed by atoms with Gasteiger partial charge in [0, 0.05) is 41.9 Å². The average Bonchev–Trinajstić information content (AvgIpc) is 3.20. The zero-order valence-corrected chi connectivity index (χ0v) is 12.2. The quantitative estimate of drug-likeness (QED) is 0.756. The van der Waals surface area contributed by atoms with Gasteiger partial charge in [-0.2, -0.15) is 5.10 Å². The summed E-state index contributed by atoms with van der Waals surface area (Å²) in [7, 11) is 0. The Hall–Kier alpha value is -2.40. The molecule has 2 heterocycles. The van der Waals surface area contributed by atoms with Crippen molar-refractivity contribution >= 4 is 0 Å². The molecule has 0 radical (unpaired) electrons. The number of aromatic nitrogens is 4. The second-order valence-electron chi connectivity index (χ2n) is 5.20. The predicted octanol–water partition coefficient (Wildman–Crippen LogP) is 3.01. The largest absolute Gasteiger partial charge is 0.306 e. The average molecular weight is 281 g/mol. The van der Waals surface area contributed by atoms with Crippen molar-refractivity contribution in [1.29, 1.82) is 0 Å². The maximum Gasteiger partial charge on any atom is 0.0991 e. The molecular formula is C16H19N5. The van der Waals surface area contributed by atoms with Crippen molar-refractivity contribution in [1.82, 2.24) is 25.1 Å². The number of aromatic amines is 1. The maximum absolute atomic E-state index is 4.07. The third-order valence-corrected chi connectivity index (χ3v) is 3.72. The highest BCUT2D eigenvalue weighted by Gasteiger charge is 2.11. The van der Waals surface area contributed by atoms with Gasteiger partial charge in [-0.15, -0.1) is 0 Å². The molecule has 2 aromatic heterocycles.